The molecule has 7 heteroatoms. The van der Waals surface area contributed by atoms with E-state index in [2.05, 4.69) is 6.92 Å². The third kappa shape index (κ3) is 44.8. The van der Waals surface area contributed by atoms with Crippen molar-refractivity contribution in [2.45, 2.75) is 110 Å². The zero-order valence-corrected chi connectivity index (χ0v) is 23.4. The third-order valence-electron chi connectivity index (χ3n) is 3.98. The smallest absolute Gasteiger partial charge is 0.652 e. The van der Waals surface area contributed by atoms with E-state index in [1.54, 1.807) is 0 Å². The second-order valence-corrected chi connectivity index (χ2v) is 6.32. The fraction of sp³-hybridized carbons (Fsp3) is 0.895. The van der Waals surface area contributed by atoms with E-state index in [4.69, 9.17) is 15.0 Å². The maximum atomic E-state index is 10.2. The van der Waals surface area contributed by atoms with Crippen molar-refractivity contribution >= 4 is 98.7 Å². The Morgan fingerprint density at radius 3 is 1.04 bits per heavy atom. The summed E-state index contributed by atoms with van der Waals surface area (Å²) in [5, 5.41) is 26.9. The normalized spacial score (nSPS) is 9.27. The van der Waals surface area contributed by atoms with E-state index < -0.39 is 12.1 Å². The van der Waals surface area contributed by atoms with Crippen LogP contribution in [0, 0.1) is 0 Å². The number of unbranched alkanes of at least 4 members (excludes halogenated alkanes) is 14. The summed E-state index contributed by atoms with van der Waals surface area (Å²) in [6, 6.07) is 0. The van der Waals surface area contributed by atoms with E-state index >= 15 is 0 Å². The Hall–Kier alpha value is 1.57. The first-order valence-electron chi connectivity index (χ1n) is 9.58. The molecular formula is C19H35BaCaO5+. The SMILES string of the molecule is CCCCCCCCCCCCCCCCCC(=O)[O-].O=C([O-])[O-].[Ba+2].[Ca+2]. The first-order chi connectivity index (χ1) is 11.5. The Morgan fingerprint density at radius 1 is 0.577 bits per heavy atom. The van der Waals surface area contributed by atoms with Gasteiger partial charge in [0.2, 0.25) is 0 Å². The van der Waals surface area contributed by atoms with Crippen molar-refractivity contribution in [2.24, 2.45) is 0 Å². The van der Waals surface area contributed by atoms with E-state index in [1.165, 1.54) is 83.5 Å². The van der Waals surface area contributed by atoms with Gasteiger partial charge in [-0.2, -0.15) is 0 Å². The first kappa shape index (κ1) is 35.0. The van der Waals surface area contributed by atoms with E-state index in [9.17, 15) is 9.90 Å². The number of carboxylic acids is 1. The van der Waals surface area contributed by atoms with Gasteiger partial charge in [-0.15, -0.1) is 0 Å². The molecule has 0 atom stereocenters. The summed E-state index contributed by atoms with van der Waals surface area (Å²) in [5.41, 5.74) is 0. The van der Waals surface area contributed by atoms with E-state index in [1.807, 2.05) is 0 Å². The monoisotopic (exact) mass is 521 g/mol. The molecule has 0 rings (SSSR count). The molecule has 0 radical (unpaired) electrons. The second-order valence-electron chi connectivity index (χ2n) is 6.32. The first-order valence-corrected chi connectivity index (χ1v) is 9.58. The number of hydrogen-bond acceptors (Lipinski definition) is 5. The zero-order chi connectivity index (χ0) is 18.5. The molecule has 0 spiro atoms. The van der Waals surface area contributed by atoms with Crippen LogP contribution in [0.3, 0.4) is 0 Å². The predicted molar refractivity (Wildman–Crippen MR) is 101 cm³/mol. The van der Waals surface area contributed by atoms with E-state index in [0.717, 1.165) is 12.8 Å². The van der Waals surface area contributed by atoms with Gasteiger partial charge in [0.05, 0.1) is 0 Å². The molecule has 0 aliphatic rings. The number of aliphatic carboxylic acids is 1. The maximum Gasteiger partial charge on any atom is 2.00 e. The van der Waals surface area contributed by atoms with Crippen LogP contribution >= 0.6 is 0 Å². The van der Waals surface area contributed by atoms with Gasteiger partial charge in [-0.05, 0) is 19.0 Å². The molecule has 0 unspecified atom stereocenters. The van der Waals surface area contributed by atoms with Gasteiger partial charge in [0.15, 0.2) is 0 Å². The summed E-state index contributed by atoms with van der Waals surface area (Å²) >= 11 is 0. The maximum absolute atomic E-state index is 10.2. The van der Waals surface area contributed by atoms with E-state index in [0.29, 0.717) is 0 Å². The van der Waals surface area contributed by atoms with Crippen molar-refractivity contribution in [3.8, 4) is 0 Å². The molecule has 0 fully saturated rings. The Labute approximate surface area is 230 Å². The van der Waals surface area contributed by atoms with Crippen LogP contribution in [0.1, 0.15) is 110 Å². The minimum absolute atomic E-state index is 0. The molecule has 0 saturated heterocycles. The van der Waals surface area contributed by atoms with Crippen LogP contribution in [0.2, 0.25) is 0 Å². The number of carboxylic acid groups (broad SMARTS) is 3. The molecule has 0 saturated carbocycles. The van der Waals surface area contributed by atoms with Gasteiger partial charge >= 0.3 is 86.6 Å². The fourth-order valence-corrected chi connectivity index (χ4v) is 2.64. The van der Waals surface area contributed by atoms with Crippen LogP contribution in [0.4, 0.5) is 4.79 Å². The predicted octanol–water partition coefficient (Wildman–Crippen LogP) is 1.79. The van der Waals surface area contributed by atoms with Gasteiger partial charge in [-0.1, -0.05) is 96.8 Å². The molecule has 0 heterocycles. The van der Waals surface area contributed by atoms with Gasteiger partial charge < -0.3 is 24.9 Å². The largest absolute Gasteiger partial charge is 2.00 e. The fourth-order valence-electron chi connectivity index (χ4n) is 2.64. The summed E-state index contributed by atoms with van der Waals surface area (Å²) in [7, 11) is 0. The average molecular weight is 521 g/mol. The number of rotatable bonds is 16. The molecule has 0 aliphatic heterocycles. The molecule has 0 aromatic carbocycles. The number of carbonyl (C=O) groups is 2. The molecular weight excluding hydrogens is 486 g/mol. The van der Waals surface area contributed by atoms with Gasteiger partial charge in [0.1, 0.15) is 0 Å². The Morgan fingerprint density at radius 2 is 0.808 bits per heavy atom. The Kier molecular flexibility index (Phi) is 42.1. The summed E-state index contributed by atoms with van der Waals surface area (Å²) in [5.74, 6) is -0.903. The van der Waals surface area contributed by atoms with Crippen molar-refractivity contribution < 1.29 is 24.9 Å². The molecule has 144 valence electrons. The zero-order valence-electron chi connectivity index (χ0n) is 16.8. The van der Waals surface area contributed by atoms with Gasteiger partial charge in [0.25, 0.3) is 0 Å². The van der Waals surface area contributed by atoms with Gasteiger partial charge in [-0.25, -0.2) is 0 Å². The summed E-state index contributed by atoms with van der Waals surface area (Å²) in [6.45, 7) is 2.27. The van der Waals surface area contributed by atoms with Crippen LogP contribution in [-0.4, -0.2) is 98.7 Å². The van der Waals surface area contributed by atoms with Crippen LogP contribution in [0.25, 0.3) is 0 Å². The number of carbonyl (C=O) groups excluding carboxylic acids is 2. The number of hydrogen-bond donors (Lipinski definition) is 0. The molecule has 26 heavy (non-hydrogen) atoms. The molecule has 0 bridgehead atoms. The summed E-state index contributed by atoms with van der Waals surface area (Å²) in [4.78, 5) is 18.6. The van der Waals surface area contributed by atoms with Crippen molar-refractivity contribution in [1.29, 1.82) is 0 Å². The molecule has 0 aromatic heterocycles. The Bertz CT molecular complexity index is 287. The van der Waals surface area contributed by atoms with Gasteiger partial charge in [0, 0.05) is 5.97 Å². The average Bonchev–Trinajstić information content (AvgIpc) is 2.50. The van der Waals surface area contributed by atoms with Crippen LogP contribution in [0.15, 0.2) is 0 Å². The standard InChI is InChI=1S/C18H36O2.CH2O3.Ba.Ca/c1-2-3-4-5-6-7-8-9-10-11-12-13-14-15-16-17-18(19)20;2-1(3)4;;/h2-17H2,1H3,(H,19,20);(H2,2,3,4);;/q;;2*+2/p-3. The van der Waals surface area contributed by atoms with Crippen molar-refractivity contribution in [3.05, 3.63) is 0 Å². The minimum atomic E-state index is -2.33. The second kappa shape index (κ2) is 31.3. The molecule has 0 aliphatic carbocycles. The van der Waals surface area contributed by atoms with Crippen LogP contribution in [0.5, 0.6) is 0 Å². The van der Waals surface area contributed by atoms with Crippen molar-refractivity contribution in [1.82, 2.24) is 0 Å². The molecule has 5 nitrogen and oxygen atoms in total. The van der Waals surface area contributed by atoms with Crippen LogP contribution in [-0.2, 0) is 4.79 Å². The van der Waals surface area contributed by atoms with Crippen molar-refractivity contribution in [3.63, 3.8) is 0 Å². The van der Waals surface area contributed by atoms with Gasteiger partial charge in [-0.3, -0.25) is 0 Å². The third-order valence-corrected chi connectivity index (χ3v) is 3.98. The quantitative estimate of drug-likeness (QED) is 0.228. The Balaban J connectivity index is -0.000000363. The summed E-state index contributed by atoms with van der Waals surface area (Å²) < 4.78 is 0. The summed E-state index contributed by atoms with van der Waals surface area (Å²) in [6.07, 6.45) is 17.5. The van der Waals surface area contributed by atoms with Crippen molar-refractivity contribution in [2.75, 3.05) is 0 Å². The van der Waals surface area contributed by atoms with Crippen LogP contribution < -0.4 is 15.3 Å². The minimum Gasteiger partial charge on any atom is -0.652 e. The van der Waals surface area contributed by atoms with E-state index in [-0.39, 0.29) is 93.0 Å². The molecule has 0 aromatic rings. The molecule has 0 amide bonds. The topological polar surface area (TPSA) is 103 Å². The molecule has 0 N–H and O–H groups in total.